The fraction of sp³-hybridized carbons (Fsp3) is 0.286. The van der Waals surface area contributed by atoms with E-state index in [4.69, 9.17) is 0 Å². The quantitative estimate of drug-likeness (QED) is 0.616. The molecule has 7 nitrogen and oxygen atoms in total. The van der Waals surface area contributed by atoms with Crippen LogP contribution in [-0.4, -0.2) is 45.5 Å². The SMILES string of the molecule is Cn1cc(-c2cncc(C(=O)Nc3ccc(N4CCC(CO)C4)c(Br)c3)c2)cn1. The highest BCUT2D eigenvalue weighted by atomic mass is 79.9. The Morgan fingerprint density at radius 2 is 2.14 bits per heavy atom. The van der Waals surface area contributed by atoms with Crippen LogP contribution in [0.4, 0.5) is 11.4 Å². The lowest BCUT2D eigenvalue weighted by Gasteiger charge is -2.20. The zero-order chi connectivity index (χ0) is 20.4. The van der Waals surface area contributed by atoms with Crippen LogP contribution in [-0.2, 0) is 7.05 Å². The summed E-state index contributed by atoms with van der Waals surface area (Å²) in [6.07, 6.45) is 7.89. The van der Waals surface area contributed by atoms with Gasteiger partial charge in [0.25, 0.3) is 5.91 Å². The van der Waals surface area contributed by atoms with E-state index >= 15 is 0 Å². The van der Waals surface area contributed by atoms with Gasteiger partial charge >= 0.3 is 0 Å². The second-order valence-corrected chi connectivity index (χ2v) is 8.12. The van der Waals surface area contributed by atoms with Crippen LogP contribution in [0.5, 0.6) is 0 Å². The molecule has 150 valence electrons. The zero-order valence-electron chi connectivity index (χ0n) is 16.0. The highest BCUT2D eigenvalue weighted by Crippen LogP contribution is 2.33. The number of hydrogen-bond donors (Lipinski definition) is 2. The number of carbonyl (C=O) groups excluding carboxylic acids is 1. The van der Waals surface area contributed by atoms with Gasteiger partial charge in [0.2, 0.25) is 0 Å². The monoisotopic (exact) mass is 455 g/mol. The third-order valence-corrected chi connectivity index (χ3v) is 5.76. The zero-order valence-corrected chi connectivity index (χ0v) is 17.6. The van der Waals surface area contributed by atoms with Gasteiger partial charge in [0.1, 0.15) is 0 Å². The van der Waals surface area contributed by atoms with Gasteiger partial charge in [0.05, 0.1) is 17.4 Å². The summed E-state index contributed by atoms with van der Waals surface area (Å²) < 4.78 is 2.63. The van der Waals surface area contributed by atoms with Crippen LogP contribution in [0.2, 0.25) is 0 Å². The Morgan fingerprint density at radius 1 is 1.28 bits per heavy atom. The molecule has 29 heavy (non-hydrogen) atoms. The summed E-state index contributed by atoms with van der Waals surface area (Å²) in [4.78, 5) is 19.2. The number of benzene rings is 1. The van der Waals surface area contributed by atoms with Gasteiger partial charge in [-0.1, -0.05) is 0 Å². The van der Waals surface area contributed by atoms with E-state index in [0.29, 0.717) is 17.2 Å². The summed E-state index contributed by atoms with van der Waals surface area (Å²) in [7, 11) is 1.85. The first-order chi connectivity index (χ1) is 14.0. The van der Waals surface area contributed by atoms with Gasteiger partial charge in [-0.3, -0.25) is 14.5 Å². The van der Waals surface area contributed by atoms with Crippen molar-refractivity contribution < 1.29 is 9.90 Å². The van der Waals surface area contributed by atoms with Crippen molar-refractivity contribution in [3.63, 3.8) is 0 Å². The number of aliphatic hydroxyl groups excluding tert-OH is 1. The maximum Gasteiger partial charge on any atom is 0.257 e. The summed E-state index contributed by atoms with van der Waals surface area (Å²) in [5.74, 6) is 0.102. The van der Waals surface area contributed by atoms with E-state index in [1.807, 2.05) is 37.5 Å². The average Bonchev–Trinajstić information content (AvgIpc) is 3.37. The Balaban J connectivity index is 1.48. The molecular weight excluding hydrogens is 434 g/mol. The number of rotatable bonds is 5. The number of anilines is 2. The molecule has 0 saturated carbocycles. The molecule has 0 bridgehead atoms. The highest BCUT2D eigenvalue weighted by Gasteiger charge is 2.23. The molecule has 3 heterocycles. The Hall–Kier alpha value is -2.71. The van der Waals surface area contributed by atoms with Crippen LogP contribution in [0, 0.1) is 5.92 Å². The number of aryl methyl sites for hydroxylation is 1. The lowest BCUT2D eigenvalue weighted by atomic mass is 10.1. The average molecular weight is 456 g/mol. The number of nitrogens with zero attached hydrogens (tertiary/aromatic N) is 4. The minimum Gasteiger partial charge on any atom is -0.396 e. The predicted molar refractivity (Wildman–Crippen MR) is 116 cm³/mol. The Bertz CT molecular complexity index is 1040. The molecule has 1 unspecified atom stereocenters. The first-order valence-electron chi connectivity index (χ1n) is 9.44. The molecule has 1 aliphatic heterocycles. The van der Waals surface area contributed by atoms with E-state index in [0.717, 1.165) is 40.8 Å². The van der Waals surface area contributed by atoms with Crippen LogP contribution in [0.1, 0.15) is 16.8 Å². The van der Waals surface area contributed by atoms with Gasteiger partial charge in [-0.2, -0.15) is 5.10 Å². The number of aliphatic hydroxyl groups is 1. The van der Waals surface area contributed by atoms with Crippen LogP contribution >= 0.6 is 15.9 Å². The van der Waals surface area contributed by atoms with E-state index in [9.17, 15) is 9.90 Å². The van der Waals surface area contributed by atoms with Crippen molar-refractivity contribution in [1.82, 2.24) is 14.8 Å². The topological polar surface area (TPSA) is 83.3 Å². The Kier molecular flexibility index (Phi) is 5.64. The standard InChI is InChI=1S/C21H22BrN5O2/c1-26-12-17(10-24-26)15-6-16(9-23-8-15)21(29)25-18-2-3-20(19(22)7-18)27-5-4-14(11-27)13-28/h2-3,6-10,12,14,28H,4-5,11,13H2,1H3,(H,25,29). The van der Waals surface area contributed by atoms with Crippen molar-refractivity contribution in [2.45, 2.75) is 6.42 Å². The summed E-state index contributed by atoms with van der Waals surface area (Å²) in [5.41, 5.74) is 4.01. The van der Waals surface area contributed by atoms with E-state index in [1.165, 1.54) is 0 Å². The Morgan fingerprint density at radius 3 is 2.83 bits per heavy atom. The molecule has 1 fully saturated rings. The number of aromatic nitrogens is 3. The third-order valence-electron chi connectivity index (χ3n) is 5.13. The van der Waals surface area contributed by atoms with Crippen molar-refractivity contribution in [1.29, 1.82) is 0 Å². The normalized spacial score (nSPS) is 16.2. The molecule has 0 spiro atoms. The summed E-state index contributed by atoms with van der Waals surface area (Å²) >= 11 is 3.61. The van der Waals surface area contributed by atoms with E-state index in [1.54, 1.807) is 23.3 Å². The number of pyridine rings is 1. The first-order valence-corrected chi connectivity index (χ1v) is 10.2. The van der Waals surface area contributed by atoms with Crippen molar-refractivity contribution in [2.75, 3.05) is 29.9 Å². The van der Waals surface area contributed by atoms with Crippen LogP contribution in [0.3, 0.4) is 0 Å². The Labute approximate surface area is 177 Å². The molecule has 1 saturated heterocycles. The molecule has 1 aromatic carbocycles. The number of carbonyl (C=O) groups is 1. The minimum absolute atomic E-state index is 0.217. The van der Waals surface area contributed by atoms with Gasteiger partial charge in [-0.25, -0.2) is 0 Å². The van der Waals surface area contributed by atoms with E-state index in [2.05, 4.69) is 36.2 Å². The fourth-order valence-corrected chi connectivity index (χ4v) is 4.17. The van der Waals surface area contributed by atoms with E-state index in [-0.39, 0.29) is 12.5 Å². The van der Waals surface area contributed by atoms with Crippen molar-refractivity contribution in [3.8, 4) is 11.1 Å². The molecule has 4 rings (SSSR count). The van der Waals surface area contributed by atoms with Crippen molar-refractivity contribution in [3.05, 3.63) is 59.1 Å². The second kappa shape index (κ2) is 8.34. The molecule has 2 N–H and O–H groups in total. The fourth-order valence-electron chi connectivity index (χ4n) is 3.54. The smallest absolute Gasteiger partial charge is 0.257 e. The maximum atomic E-state index is 12.7. The number of halogens is 1. The first kappa shape index (κ1) is 19.6. The van der Waals surface area contributed by atoms with Crippen LogP contribution in [0.15, 0.2) is 53.5 Å². The van der Waals surface area contributed by atoms with Crippen molar-refractivity contribution in [2.24, 2.45) is 13.0 Å². The molecule has 1 atom stereocenters. The molecule has 0 radical (unpaired) electrons. The van der Waals surface area contributed by atoms with Crippen molar-refractivity contribution >= 4 is 33.2 Å². The number of hydrogen-bond acceptors (Lipinski definition) is 5. The summed E-state index contributed by atoms with van der Waals surface area (Å²) in [5, 5.41) is 16.4. The predicted octanol–water partition coefficient (Wildman–Crippen LogP) is 3.32. The second-order valence-electron chi connectivity index (χ2n) is 7.27. The van der Waals surface area contributed by atoms with E-state index < -0.39 is 0 Å². The van der Waals surface area contributed by atoms with Gasteiger partial charge in [0, 0.05) is 72.5 Å². The van der Waals surface area contributed by atoms with Gasteiger partial charge in [0.15, 0.2) is 0 Å². The maximum absolute atomic E-state index is 12.7. The lowest BCUT2D eigenvalue weighted by molar-refractivity contribution is 0.102. The lowest BCUT2D eigenvalue weighted by Crippen LogP contribution is -2.21. The van der Waals surface area contributed by atoms with Crippen LogP contribution < -0.4 is 10.2 Å². The molecule has 8 heteroatoms. The highest BCUT2D eigenvalue weighted by molar-refractivity contribution is 9.10. The largest absolute Gasteiger partial charge is 0.396 e. The molecule has 0 aliphatic carbocycles. The van der Waals surface area contributed by atoms with Gasteiger partial charge in [-0.05, 0) is 46.6 Å². The van der Waals surface area contributed by atoms with Gasteiger partial charge < -0.3 is 15.3 Å². The van der Waals surface area contributed by atoms with Crippen LogP contribution in [0.25, 0.3) is 11.1 Å². The number of nitrogens with one attached hydrogen (secondary N) is 1. The molecule has 2 aromatic heterocycles. The molecule has 3 aromatic rings. The third kappa shape index (κ3) is 4.33. The molecule has 1 amide bonds. The summed E-state index contributed by atoms with van der Waals surface area (Å²) in [6.45, 7) is 1.98. The number of amides is 1. The van der Waals surface area contributed by atoms with Gasteiger partial charge in [-0.15, -0.1) is 0 Å². The molecular formula is C21H22BrN5O2. The molecule has 1 aliphatic rings. The summed E-state index contributed by atoms with van der Waals surface area (Å²) in [6, 6.07) is 7.59. The minimum atomic E-state index is -0.218.